The van der Waals surface area contributed by atoms with Crippen molar-refractivity contribution in [1.29, 1.82) is 0 Å². The highest BCUT2D eigenvalue weighted by atomic mass is 16.6. The topological polar surface area (TPSA) is 60.0 Å². The maximum absolute atomic E-state index is 9.65. The lowest BCUT2D eigenvalue weighted by molar-refractivity contribution is -0.0871. The van der Waals surface area contributed by atoms with Crippen molar-refractivity contribution in [3.8, 4) is 0 Å². The van der Waals surface area contributed by atoms with Crippen LogP contribution in [0.4, 0.5) is 0 Å². The summed E-state index contributed by atoms with van der Waals surface area (Å²) in [5, 5.41) is 12.8. The zero-order valence-electron chi connectivity index (χ0n) is 10.3. The molecule has 5 nitrogen and oxygen atoms in total. The maximum atomic E-state index is 9.65. The van der Waals surface area contributed by atoms with E-state index in [1.54, 1.807) is 0 Å². The van der Waals surface area contributed by atoms with E-state index in [2.05, 4.69) is 5.32 Å². The molecule has 1 heterocycles. The van der Waals surface area contributed by atoms with E-state index in [0.717, 1.165) is 19.1 Å². The standard InChI is InChI=1S/C12H23NO4/c14-11(8-16-7-10-1-2-10)5-13-6-12-9-15-3-4-17-12/h10-14H,1-9H2. The number of ether oxygens (including phenoxy) is 3. The van der Waals surface area contributed by atoms with E-state index in [1.165, 1.54) is 12.8 Å². The summed E-state index contributed by atoms with van der Waals surface area (Å²) in [4.78, 5) is 0. The summed E-state index contributed by atoms with van der Waals surface area (Å²) in [6, 6.07) is 0. The zero-order chi connectivity index (χ0) is 11.9. The Hall–Kier alpha value is -0.200. The van der Waals surface area contributed by atoms with E-state index in [-0.39, 0.29) is 6.10 Å². The molecule has 2 aliphatic rings. The SMILES string of the molecule is OC(CNCC1COCCO1)COCC1CC1. The van der Waals surface area contributed by atoms with Crippen LogP contribution in [-0.2, 0) is 14.2 Å². The predicted octanol–water partition coefficient (Wildman–Crippen LogP) is -0.221. The van der Waals surface area contributed by atoms with Crippen LogP contribution in [0.5, 0.6) is 0 Å². The summed E-state index contributed by atoms with van der Waals surface area (Å²) >= 11 is 0. The number of hydrogen-bond donors (Lipinski definition) is 2. The number of rotatable bonds is 8. The average molecular weight is 245 g/mol. The highest BCUT2D eigenvalue weighted by molar-refractivity contribution is 4.72. The van der Waals surface area contributed by atoms with Crippen LogP contribution in [0.15, 0.2) is 0 Å². The highest BCUT2D eigenvalue weighted by Crippen LogP contribution is 2.28. The van der Waals surface area contributed by atoms with Gasteiger partial charge in [0.15, 0.2) is 0 Å². The van der Waals surface area contributed by atoms with Gasteiger partial charge in [0.1, 0.15) is 0 Å². The van der Waals surface area contributed by atoms with Gasteiger partial charge in [0.25, 0.3) is 0 Å². The second kappa shape index (κ2) is 7.28. The molecule has 0 radical (unpaired) electrons. The Morgan fingerprint density at radius 3 is 2.94 bits per heavy atom. The van der Waals surface area contributed by atoms with E-state index < -0.39 is 6.10 Å². The quantitative estimate of drug-likeness (QED) is 0.619. The minimum absolute atomic E-state index is 0.114. The van der Waals surface area contributed by atoms with Gasteiger partial charge in [-0.15, -0.1) is 0 Å². The average Bonchev–Trinajstić information content (AvgIpc) is 3.14. The Bertz CT molecular complexity index is 205. The van der Waals surface area contributed by atoms with E-state index in [0.29, 0.717) is 33.0 Å². The fourth-order valence-electron chi connectivity index (χ4n) is 1.78. The Morgan fingerprint density at radius 2 is 2.24 bits per heavy atom. The van der Waals surface area contributed by atoms with Crippen LogP contribution in [0.25, 0.3) is 0 Å². The minimum Gasteiger partial charge on any atom is -0.389 e. The lowest BCUT2D eigenvalue weighted by Gasteiger charge is -2.23. The van der Waals surface area contributed by atoms with Gasteiger partial charge in [-0.2, -0.15) is 0 Å². The largest absolute Gasteiger partial charge is 0.389 e. The van der Waals surface area contributed by atoms with Gasteiger partial charge in [0.05, 0.1) is 38.6 Å². The molecule has 0 aromatic heterocycles. The minimum atomic E-state index is -0.432. The fourth-order valence-corrected chi connectivity index (χ4v) is 1.78. The van der Waals surface area contributed by atoms with Gasteiger partial charge in [0.2, 0.25) is 0 Å². The second-order valence-electron chi connectivity index (χ2n) is 4.86. The van der Waals surface area contributed by atoms with Crippen LogP contribution in [0.2, 0.25) is 0 Å². The summed E-state index contributed by atoms with van der Waals surface area (Å²) in [5.41, 5.74) is 0. The van der Waals surface area contributed by atoms with Gasteiger partial charge in [-0.05, 0) is 18.8 Å². The molecule has 0 aromatic rings. The molecule has 1 aliphatic carbocycles. The Morgan fingerprint density at radius 1 is 1.35 bits per heavy atom. The molecule has 2 atom stereocenters. The third-order valence-corrected chi connectivity index (χ3v) is 3.00. The molecule has 0 aromatic carbocycles. The molecule has 1 aliphatic heterocycles. The van der Waals surface area contributed by atoms with Crippen LogP contribution in [0.1, 0.15) is 12.8 Å². The highest BCUT2D eigenvalue weighted by Gasteiger charge is 2.21. The number of aliphatic hydroxyl groups excluding tert-OH is 1. The molecule has 5 heteroatoms. The van der Waals surface area contributed by atoms with E-state index in [4.69, 9.17) is 14.2 Å². The molecule has 2 N–H and O–H groups in total. The first-order valence-electron chi connectivity index (χ1n) is 6.50. The second-order valence-corrected chi connectivity index (χ2v) is 4.86. The molecule has 100 valence electrons. The van der Waals surface area contributed by atoms with Gasteiger partial charge in [-0.3, -0.25) is 0 Å². The molecule has 2 rings (SSSR count). The lowest BCUT2D eigenvalue weighted by atomic mass is 10.3. The van der Waals surface area contributed by atoms with Crippen molar-refractivity contribution in [3.05, 3.63) is 0 Å². The van der Waals surface area contributed by atoms with Crippen molar-refractivity contribution < 1.29 is 19.3 Å². The summed E-state index contributed by atoms with van der Waals surface area (Å²) in [6.45, 7) is 4.49. The van der Waals surface area contributed by atoms with Crippen molar-refractivity contribution in [1.82, 2.24) is 5.32 Å². The van der Waals surface area contributed by atoms with Crippen molar-refractivity contribution in [2.75, 3.05) is 46.1 Å². The normalized spacial score (nSPS) is 27.0. The maximum Gasteiger partial charge on any atom is 0.0933 e. The first kappa shape index (κ1) is 13.2. The van der Waals surface area contributed by atoms with Crippen molar-refractivity contribution in [2.24, 2.45) is 5.92 Å². The van der Waals surface area contributed by atoms with Crippen molar-refractivity contribution in [3.63, 3.8) is 0 Å². The summed E-state index contributed by atoms with van der Waals surface area (Å²) in [6.07, 6.45) is 2.25. The Balaban J connectivity index is 1.42. The zero-order valence-corrected chi connectivity index (χ0v) is 10.3. The third-order valence-electron chi connectivity index (χ3n) is 3.00. The molecular weight excluding hydrogens is 222 g/mol. The molecule has 1 saturated heterocycles. The molecular formula is C12H23NO4. The van der Waals surface area contributed by atoms with Gasteiger partial charge in [-0.25, -0.2) is 0 Å². The van der Waals surface area contributed by atoms with Crippen LogP contribution >= 0.6 is 0 Å². The summed E-state index contributed by atoms with van der Waals surface area (Å²) < 4.78 is 16.2. The van der Waals surface area contributed by atoms with E-state index >= 15 is 0 Å². The summed E-state index contributed by atoms with van der Waals surface area (Å²) in [7, 11) is 0. The smallest absolute Gasteiger partial charge is 0.0933 e. The van der Waals surface area contributed by atoms with Crippen molar-refractivity contribution >= 4 is 0 Å². The van der Waals surface area contributed by atoms with Gasteiger partial charge < -0.3 is 24.6 Å². The molecule has 2 unspecified atom stereocenters. The van der Waals surface area contributed by atoms with Gasteiger partial charge in [-0.1, -0.05) is 0 Å². The predicted molar refractivity (Wildman–Crippen MR) is 63.0 cm³/mol. The first-order chi connectivity index (χ1) is 8.34. The van der Waals surface area contributed by atoms with Crippen LogP contribution in [0, 0.1) is 5.92 Å². The number of nitrogens with one attached hydrogen (secondary N) is 1. The Kier molecular flexibility index (Phi) is 5.67. The van der Waals surface area contributed by atoms with Gasteiger partial charge in [0, 0.05) is 19.7 Å². The molecule has 0 amide bonds. The molecule has 0 bridgehead atoms. The molecule has 1 saturated carbocycles. The number of aliphatic hydroxyl groups is 1. The van der Waals surface area contributed by atoms with E-state index in [1.807, 2.05) is 0 Å². The fraction of sp³-hybridized carbons (Fsp3) is 1.00. The van der Waals surface area contributed by atoms with Gasteiger partial charge >= 0.3 is 0 Å². The van der Waals surface area contributed by atoms with Crippen LogP contribution < -0.4 is 5.32 Å². The van der Waals surface area contributed by atoms with E-state index in [9.17, 15) is 5.11 Å². The lowest BCUT2D eigenvalue weighted by Crippen LogP contribution is -2.40. The monoisotopic (exact) mass is 245 g/mol. The number of hydrogen-bond acceptors (Lipinski definition) is 5. The van der Waals surface area contributed by atoms with Crippen molar-refractivity contribution in [2.45, 2.75) is 25.0 Å². The van der Waals surface area contributed by atoms with Crippen LogP contribution in [-0.4, -0.2) is 63.4 Å². The summed E-state index contributed by atoms with van der Waals surface area (Å²) in [5.74, 6) is 0.753. The molecule has 2 fully saturated rings. The molecule has 0 spiro atoms. The third kappa shape index (κ3) is 5.79. The first-order valence-corrected chi connectivity index (χ1v) is 6.50. The Labute approximate surface area is 102 Å². The molecule has 17 heavy (non-hydrogen) atoms. The van der Waals surface area contributed by atoms with Crippen LogP contribution in [0.3, 0.4) is 0 Å².